The number of imidazole rings is 1. The fraction of sp³-hybridized carbons (Fsp3) is 0.765. The van der Waals surface area contributed by atoms with Crippen molar-refractivity contribution in [1.82, 2.24) is 19.8 Å². The lowest BCUT2D eigenvalue weighted by Gasteiger charge is -2.26. The third-order valence-electron chi connectivity index (χ3n) is 3.35. The van der Waals surface area contributed by atoms with Gasteiger partial charge in [0.2, 0.25) is 0 Å². The number of hydrogen-bond donors (Lipinski definition) is 1. The molecule has 0 aliphatic rings. The van der Waals surface area contributed by atoms with Crippen molar-refractivity contribution in [2.24, 2.45) is 5.92 Å². The molecule has 0 aliphatic carbocycles. The number of nitrogens with zero attached hydrogens (tertiary/aromatic N) is 3. The first-order valence-electron chi connectivity index (χ1n) is 8.36. The van der Waals surface area contributed by atoms with Gasteiger partial charge in [0.1, 0.15) is 5.60 Å². The zero-order chi connectivity index (χ0) is 17.5. The van der Waals surface area contributed by atoms with Crippen LogP contribution < -0.4 is 5.32 Å². The minimum Gasteiger partial charge on any atom is -0.444 e. The lowest BCUT2D eigenvalue weighted by molar-refractivity contribution is 0.0277. The Balaban J connectivity index is 2.32. The van der Waals surface area contributed by atoms with Gasteiger partial charge in [0.25, 0.3) is 0 Å². The van der Waals surface area contributed by atoms with Gasteiger partial charge in [-0.05, 0) is 39.7 Å². The maximum Gasteiger partial charge on any atom is 0.410 e. The van der Waals surface area contributed by atoms with E-state index in [4.69, 9.17) is 4.74 Å². The minimum atomic E-state index is -0.454. The van der Waals surface area contributed by atoms with Crippen LogP contribution >= 0.6 is 0 Å². The summed E-state index contributed by atoms with van der Waals surface area (Å²) in [7, 11) is 1.78. The summed E-state index contributed by atoms with van der Waals surface area (Å²) >= 11 is 0. The average molecular weight is 324 g/mol. The Bertz CT molecular complexity index is 479. The molecular weight excluding hydrogens is 292 g/mol. The van der Waals surface area contributed by atoms with E-state index in [1.165, 1.54) is 5.69 Å². The molecular formula is C17H32N4O2. The molecule has 1 rings (SSSR count). The zero-order valence-corrected chi connectivity index (χ0v) is 15.4. The highest BCUT2D eigenvalue weighted by Crippen LogP contribution is 2.10. The van der Waals surface area contributed by atoms with Crippen LogP contribution in [0.2, 0.25) is 0 Å². The third-order valence-corrected chi connectivity index (χ3v) is 3.35. The summed E-state index contributed by atoms with van der Waals surface area (Å²) in [4.78, 5) is 17.8. The van der Waals surface area contributed by atoms with E-state index in [-0.39, 0.29) is 6.09 Å². The van der Waals surface area contributed by atoms with Gasteiger partial charge in [0, 0.05) is 32.9 Å². The largest absolute Gasteiger partial charge is 0.444 e. The molecule has 1 unspecified atom stereocenters. The van der Waals surface area contributed by atoms with E-state index >= 15 is 0 Å². The Morgan fingerprint density at radius 1 is 1.48 bits per heavy atom. The SMILES string of the molecule is CCCn1cncc1CNCC(C)CN(C)C(=O)OC(C)(C)C. The summed E-state index contributed by atoms with van der Waals surface area (Å²) in [5.74, 6) is 0.343. The van der Waals surface area contributed by atoms with Crippen LogP contribution in [-0.2, 0) is 17.8 Å². The van der Waals surface area contributed by atoms with Crippen molar-refractivity contribution in [3.63, 3.8) is 0 Å². The van der Waals surface area contributed by atoms with Crippen LogP contribution in [0.3, 0.4) is 0 Å². The van der Waals surface area contributed by atoms with Gasteiger partial charge >= 0.3 is 6.09 Å². The van der Waals surface area contributed by atoms with E-state index in [9.17, 15) is 4.79 Å². The fourth-order valence-corrected chi connectivity index (χ4v) is 2.33. The highest BCUT2D eigenvalue weighted by Gasteiger charge is 2.20. The summed E-state index contributed by atoms with van der Waals surface area (Å²) < 4.78 is 7.53. The lowest BCUT2D eigenvalue weighted by Crippen LogP contribution is -2.38. The molecule has 6 nitrogen and oxygen atoms in total. The van der Waals surface area contributed by atoms with Crippen molar-refractivity contribution in [2.75, 3.05) is 20.1 Å². The summed E-state index contributed by atoms with van der Waals surface area (Å²) in [5.41, 5.74) is 0.740. The Kier molecular flexibility index (Phi) is 7.55. The van der Waals surface area contributed by atoms with E-state index < -0.39 is 5.60 Å². The predicted octanol–water partition coefficient (Wildman–Crippen LogP) is 2.89. The van der Waals surface area contributed by atoms with Gasteiger partial charge in [-0.25, -0.2) is 9.78 Å². The van der Waals surface area contributed by atoms with Crippen LogP contribution in [0, 0.1) is 5.92 Å². The molecule has 0 radical (unpaired) electrons. The van der Waals surface area contributed by atoms with Crippen molar-refractivity contribution in [1.29, 1.82) is 0 Å². The molecule has 1 aromatic rings. The number of rotatable bonds is 8. The molecule has 1 atom stereocenters. The van der Waals surface area contributed by atoms with Crippen molar-refractivity contribution < 1.29 is 9.53 Å². The molecule has 1 amide bonds. The molecule has 1 N–H and O–H groups in total. The van der Waals surface area contributed by atoms with E-state index in [2.05, 4.69) is 28.7 Å². The van der Waals surface area contributed by atoms with E-state index in [0.29, 0.717) is 12.5 Å². The van der Waals surface area contributed by atoms with Gasteiger partial charge in [-0.3, -0.25) is 0 Å². The third kappa shape index (κ3) is 7.50. The van der Waals surface area contributed by atoms with E-state index in [1.54, 1.807) is 11.9 Å². The summed E-state index contributed by atoms with van der Waals surface area (Å²) in [5, 5.41) is 3.44. The molecule has 0 saturated carbocycles. The quantitative estimate of drug-likeness (QED) is 0.799. The normalized spacial score (nSPS) is 13.0. The average Bonchev–Trinajstić information content (AvgIpc) is 2.84. The highest BCUT2D eigenvalue weighted by atomic mass is 16.6. The van der Waals surface area contributed by atoms with Crippen molar-refractivity contribution in [3.05, 3.63) is 18.2 Å². The van der Waals surface area contributed by atoms with Crippen molar-refractivity contribution >= 4 is 6.09 Å². The number of hydrogen-bond acceptors (Lipinski definition) is 4. The summed E-state index contributed by atoms with van der Waals surface area (Å²) in [6, 6.07) is 0. The number of ether oxygens (including phenoxy) is 1. The van der Waals surface area contributed by atoms with Crippen LogP contribution in [0.5, 0.6) is 0 Å². The molecule has 0 spiro atoms. The molecule has 1 heterocycles. The molecule has 132 valence electrons. The minimum absolute atomic E-state index is 0.273. The topological polar surface area (TPSA) is 59.4 Å². The number of aryl methyl sites for hydroxylation is 1. The number of aromatic nitrogens is 2. The van der Waals surface area contributed by atoms with Gasteiger partial charge in [-0.2, -0.15) is 0 Å². The van der Waals surface area contributed by atoms with Gasteiger partial charge in [-0.1, -0.05) is 13.8 Å². The molecule has 0 fully saturated rings. The Labute approximate surface area is 140 Å². The molecule has 0 aromatic carbocycles. The maximum atomic E-state index is 11.9. The lowest BCUT2D eigenvalue weighted by atomic mass is 10.1. The van der Waals surface area contributed by atoms with Crippen LogP contribution in [0.1, 0.15) is 46.7 Å². The number of amides is 1. The first kappa shape index (κ1) is 19.5. The number of carbonyl (C=O) groups is 1. The Hall–Kier alpha value is -1.56. The molecule has 1 aromatic heterocycles. The number of nitrogens with one attached hydrogen (secondary N) is 1. The van der Waals surface area contributed by atoms with Crippen LogP contribution in [0.25, 0.3) is 0 Å². The van der Waals surface area contributed by atoms with Gasteiger partial charge in [-0.15, -0.1) is 0 Å². The summed E-state index contributed by atoms with van der Waals surface area (Å²) in [6.07, 6.45) is 4.60. The fourth-order valence-electron chi connectivity index (χ4n) is 2.33. The van der Waals surface area contributed by atoms with Crippen LogP contribution in [0.4, 0.5) is 4.79 Å². The van der Waals surface area contributed by atoms with E-state index in [0.717, 1.165) is 26.1 Å². The molecule has 23 heavy (non-hydrogen) atoms. The standard InChI is InChI=1S/C17H32N4O2/c1-7-8-21-13-19-11-15(21)10-18-9-14(2)12-20(6)16(22)23-17(3,4)5/h11,13-14,18H,7-10,12H2,1-6H3. The van der Waals surface area contributed by atoms with Gasteiger partial charge < -0.3 is 19.5 Å². The predicted molar refractivity (Wildman–Crippen MR) is 92.3 cm³/mol. The molecule has 0 aliphatic heterocycles. The smallest absolute Gasteiger partial charge is 0.410 e. The first-order valence-corrected chi connectivity index (χ1v) is 8.36. The Morgan fingerprint density at radius 2 is 2.17 bits per heavy atom. The first-order chi connectivity index (χ1) is 10.7. The Morgan fingerprint density at radius 3 is 2.78 bits per heavy atom. The molecule has 0 bridgehead atoms. The monoisotopic (exact) mass is 324 g/mol. The van der Waals surface area contributed by atoms with Crippen molar-refractivity contribution in [3.8, 4) is 0 Å². The van der Waals surface area contributed by atoms with Gasteiger partial charge in [0.05, 0.1) is 12.0 Å². The van der Waals surface area contributed by atoms with E-state index in [1.807, 2.05) is 33.3 Å². The van der Waals surface area contributed by atoms with Crippen LogP contribution in [-0.4, -0.2) is 46.3 Å². The second kappa shape index (κ2) is 8.91. The second-order valence-corrected chi connectivity index (χ2v) is 7.18. The zero-order valence-electron chi connectivity index (χ0n) is 15.4. The van der Waals surface area contributed by atoms with Crippen molar-refractivity contribution in [2.45, 2.75) is 59.7 Å². The summed E-state index contributed by atoms with van der Waals surface area (Å²) in [6.45, 7) is 13.2. The molecule has 0 saturated heterocycles. The highest BCUT2D eigenvalue weighted by molar-refractivity contribution is 5.67. The second-order valence-electron chi connectivity index (χ2n) is 7.18. The van der Waals surface area contributed by atoms with Crippen LogP contribution in [0.15, 0.2) is 12.5 Å². The van der Waals surface area contributed by atoms with Gasteiger partial charge in [0.15, 0.2) is 0 Å². The maximum absolute atomic E-state index is 11.9. The molecule has 6 heteroatoms. The number of carbonyl (C=O) groups excluding carboxylic acids is 1.